The average Bonchev–Trinajstić information content (AvgIpc) is 2.93. The fourth-order valence-electron chi connectivity index (χ4n) is 3.64. The molecule has 2 aliphatic rings. The number of morpholine rings is 1. The van der Waals surface area contributed by atoms with Crippen molar-refractivity contribution in [3.8, 4) is 0 Å². The molecule has 2 fully saturated rings. The van der Waals surface area contributed by atoms with Crippen LogP contribution in [0.15, 0.2) is 18.2 Å². The monoisotopic (exact) mass is 456 g/mol. The summed E-state index contributed by atoms with van der Waals surface area (Å²) in [6.07, 6.45) is 0. The molecule has 0 spiro atoms. The van der Waals surface area contributed by atoms with E-state index in [1.54, 1.807) is 19.1 Å². The normalized spacial score (nSPS) is 22.9. The van der Waals surface area contributed by atoms with Crippen molar-refractivity contribution in [1.82, 2.24) is 20.4 Å². The fourth-order valence-corrected chi connectivity index (χ4v) is 3.94. The summed E-state index contributed by atoms with van der Waals surface area (Å²) < 4.78 is 5.37. The van der Waals surface area contributed by atoms with Crippen LogP contribution < -0.4 is 10.6 Å². The molecule has 164 valence electrons. The van der Waals surface area contributed by atoms with Crippen LogP contribution in [-0.4, -0.2) is 72.6 Å². The smallest absolute Gasteiger partial charge is 0.325 e. The van der Waals surface area contributed by atoms with Gasteiger partial charge in [-0.2, -0.15) is 0 Å². The first-order chi connectivity index (χ1) is 14.0. The Kier molecular flexibility index (Phi) is 6.62. The summed E-state index contributed by atoms with van der Waals surface area (Å²) in [5.74, 6) is -0.924. The van der Waals surface area contributed by atoms with E-state index in [2.05, 4.69) is 15.5 Å². The summed E-state index contributed by atoms with van der Waals surface area (Å²) in [7, 11) is 0. The number of imide groups is 1. The van der Waals surface area contributed by atoms with E-state index in [4.69, 9.17) is 27.9 Å². The first kappa shape index (κ1) is 22.8. The quantitative estimate of drug-likeness (QED) is 0.638. The predicted octanol–water partition coefficient (Wildman–Crippen LogP) is 1.99. The van der Waals surface area contributed by atoms with Crippen molar-refractivity contribution < 1.29 is 19.1 Å². The molecular weight excluding hydrogens is 431 g/mol. The number of carbonyl (C=O) groups is 3. The summed E-state index contributed by atoms with van der Waals surface area (Å²) in [5, 5.41) is 6.12. The first-order valence-electron chi connectivity index (χ1n) is 9.74. The van der Waals surface area contributed by atoms with Crippen LogP contribution in [0.25, 0.3) is 0 Å². The maximum Gasteiger partial charge on any atom is 0.325 e. The van der Waals surface area contributed by atoms with E-state index >= 15 is 0 Å². The molecule has 30 heavy (non-hydrogen) atoms. The van der Waals surface area contributed by atoms with Gasteiger partial charge >= 0.3 is 6.03 Å². The third-order valence-corrected chi connectivity index (χ3v) is 6.40. The highest BCUT2D eigenvalue weighted by Gasteiger charge is 2.49. The highest BCUT2D eigenvalue weighted by atomic mass is 35.5. The number of hydrogen-bond acceptors (Lipinski definition) is 5. The van der Waals surface area contributed by atoms with Crippen molar-refractivity contribution in [2.75, 3.05) is 39.4 Å². The van der Waals surface area contributed by atoms with Crippen LogP contribution in [0.5, 0.6) is 0 Å². The molecule has 1 aromatic rings. The van der Waals surface area contributed by atoms with E-state index in [9.17, 15) is 14.4 Å². The first-order valence-corrected chi connectivity index (χ1v) is 10.5. The third kappa shape index (κ3) is 4.56. The Hall–Kier alpha value is -1.87. The number of carbonyl (C=O) groups excluding carboxylic acids is 3. The van der Waals surface area contributed by atoms with Crippen LogP contribution in [0, 0.1) is 0 Å². The molecule has 2 aliphatic heterocycles. The Labute approximate surface area is 185 Å². The maximum absolute atomic E-state index is 13.0. The van der Waals surface area contributed by atoms with Crippen LogP contribution in [0.3, 0.4) is 0 Å². The molecule has 1 aromatic carbocycles. The predicted molar refractivity (Wildman–Crippen MR) is 114 cm³/mol. The van der Waals surface area contributed by atoms with Gasteiger partial charge in [0.2, 0.25) is 5.91 Å². The molecule has 2 saturated heterocycles. The molecule has 10 heteroatoms. The lowest BCUT2D eigenvalue weighted by atomic mass is 9.92. The number of hydrogen-bond donors (Lipinski definition) is 2. The molecule has 4 amide bonds. The Balaban J connectivity index is 1.63. The van der Waals surface area contributed by atoms with Crippen molar-refractivity contribution >= 4 is 41.0 Å². The van der Waals surface area contributed by atoms with Crippen LogP contribution in [0.1, 0.15) is 26.3 Å². The zero-order chi connectivity index (χ0) is 22.1. The number of benzene rings is 1. The van der Waals surface area contributed by atoms with Gasteiger partial charge in [-0.25, -0.2) is 4.79 Å². The van der Waals surface area contributed by atoms with Crippen molar-refractivity contribution in [2.45, 2.75) is 31.8 Å². The van der Waals surface area contributed by atoms with Crippen LogP contribution in [0.2, 0.25) is 10.0 Å². The molecule has 0 saturated carbocycles. The van der Waals surface area contributed by atoms with Gasteiger partial charge in [-0.1, -0.05) is 29.3 Å². The van der Waals surface area contributed by atoms with Gasteiger partial charge in [0.1, 0.15) is 12.1 Å². The van der Waals surface area contributed by atoms with Crippen molar-refractivity contribution in [3.63, 3.8) is 0 Å². The van der Waals surface area contributed by atoms with Crippen LogP contribution >= 0.6 is 23.2 Å². The average molecular weight is 457 g/mol. The summed E-state index contributed by atoms with van der Waals surface area (Å²) in [5.41, 5.74) is -1.10. The van der Waals surface area contributed by atoms with Crippen LogP contribution in [-0.2, 0) is 19.9 Å². The topological polar surface area (TPSA) is 91.0 Å². The Morgan fingerprint density at radius 2 is 1.90 bits per heavy atom. The highest BCUT2D eigenvalue weighted by Crippen LogP contribution is 2.32. The molecule has 8 nitrogen and oxygen atoms in total. The number of amides is 4. The van der Waals surface area contributed by atoms with Crippen molar-refractivity contribution in [3.05, 3.63) is 33.8 Å². The molecule has 0 aromatic heterocycles. The number of rotatable bonds is 6. The van der Waals surface area contributed by atoms with Gasteiger partial charge in [-0.05, 0) is 38.5 Å². The van der Waals surface area contributed by atoms with E-state index in [0.29, 0.717) is 30.3 Å². The minimum atomic E-state index is -1.32. The van der Waals surface area contributed by atoms with Gasteiger partial charge < -0.3 is 15.4 Å². The third-order valence-electron chi connectivity index (χ3n) is 5.66. The van der Waals surface area contributed by atoms with Gasteiger partial charge in [0, 0.05) is 25.2 Å². The molecule has 1 atom stereocenters. The molecule has 2 heterocycles. The number of ether oxygens (including phenoxy) is 1. The Bertz CT molecular complexity index is 857. The zero-order valence-electron chi connectivity index (χ0n) is 17.3. The summed E-state index contributed by atoms with van der Waals surface area (Å²) in [4.78, 5) is 41.1. The van der Waals surface area contributed by atoms with E-state index < -0.39 is 23.4 Å². The van der Waals surface area contributed by atoms with Crippen LogP contribution in [0.4, 0.5) is 4.79 Å². The van der Waals surface area contributed by atoms with E-state index in [1.807, 2.05) is 13.8 Å². The highest BCUT2D eigenvalue weighted by molar-refractivity contribution is 6.42. The fraction of sp³-hybridized carbons (Fsp3) is 0.550. The van der Waals surface area contributed by atoms with Crippen molar-refractivity contribution in [1.29, 1.82) is 0 Å². The molecule has 3 rings (SSSR count). The number of urea groups is 1. The molecule has 0 bridgehead atoms. The minimum Gasteiger partial charge on any atom is -0.379 e. The maximum atomic E-state index is 13.0. The largest absolute Gasteiger partial charge is 0.379 e. The second-order valence-electron chi connectivity index (χ2n) is 8.26. The van der Waals surface area contributed by atoms with E-state index in [0.717, 1.165) is 18.0 Å². The standard InChI is InChI=1S/C20H26Cl2N4O4/c1-19(2,25-6-8-30-9-7-25)12-23-16(27)11-26-17(28)20(3,24-18(26)29)13-4-5-14(21)15(22)10-13/h4-5,10H,6-9,11-12H2,1-3H3,(H,23,27)(H,24,29). The number of halogens is 2. The molecule has 2 N–H and O–H groups in total. The SMILES string of the molecule is CC1(c2ccc(Cl)c(Cl)c2)NC(=O)N(CC(=O)NCC(C)(C)N2CCOCC2)C1=O. The molecule has 0 radical (unpaired) electrons. The van der Waals surface area contributed by atoms with Gasteiger partial charge in [-0.3, -0.25) is 19.4 Å². The number of nitrogens with one attached hydrogen (secondary N) is 2. The van der Waals surface area contributed by atoms with Gasteiger partial charge in [-0.15, -0.1) is 0 Å². The Morgan fingerprint density at radius 3 is 2.53 bits per heavy atom. The van der Waals surface area contributed by atoms with Crippen molar-refractivity contribution in [2.24, 2.45) is 0 Å². The minimum absolute atomic E-state index is 0.273. The summed E-state index contributed by atoms with van der Waals surface area (Å²) in [6.45, 7) is 8.57. The molecular formula is C20H26Cl2N4O4. The lowest BCUT2D eigenvalue weighted by molar-refractivity contribution is -0.135. The number of nitrogens with zero attached hydrogens (tertiary/aromatic N) is 2. The Morgan fingerprint density at radius 1 is 1.23 bits per heavy atom. The molecule has 0 aliphatic carbocycles. The van der Waals surface area contributed by atoms with E-state index in [1.165, 1.54) is 6.07 Å². The second kappa shape index (κ2) is 8.70. The zero-order valence-corrected chi connectivity index (χ0v) is 18.8. The van der Waals surface area contributed by atoms with Gasteiger partial charge in [0.25, 0.3) is 5.91 Å². The molecule has 1 unspecified atom stereocenters. The summed E-state index contributed by atoms with van der Waals surface area (Å²) >= 11 is 12.0. The lowest BCUT2D eigenvalue weighted by Crippen LogP contribution is -2.56. The van der Waals surface area contributed by atoms with E-state index in [-0.39, 0.29) is 17.1 Å². The van der Waals surface area contributed by atoms with Gasteiger partial charge in [0.05, 0.1) is 23.3 Å². The summed E-state index contributed by atoms with van der Waals surface area (Å²) in [6, 6.07) is 4.10. The van der Waals surface area contributed by atoms with Gasteiger partial charge in [0.15, 0.2) is 0 Å². The second-order valence-corrected chi connectivity index (χ2v) is 9.08. The lowest BCUT2D eigenvalue weighted by Gasteiger charge is -2.40.